The molecule has 6 nitrogen and oxygen atoms in total. The minimum atomic E-state index is -0.319. The van der Waals surface area contributed by atoms with Crippen molar-refractivity contribution in [2.24, 2.45) is 5.10 Å². The van der Waals surface area contributed by atoms with Crippen LogP contribution in [0.4, 0.5) is 0 Å². The van der Waals surface area contributed by atoms with Gasteiger partial charge in [-0.1, -0.05) is 11.6 Å². The molecule has 1 aliphatic heterocycles. The van der Waals surface area contributed by atoms with Crippen LogP contribution < -0.4 is 19.6 Å². The van der Waals surface area contributed by atoms with E-state index in [1.165, 1.54) is 6.21 Å². The van der Waals surface area contributed by atoms with Crippen molar-refractivity contribution in [3.63, 3.8) is 0 Å². The van der Waals surface area contributed by atoms with Gasteiger partial charge in [-0.05, 0) is 55.8 Å². The highest BCUT2D eigenvalue weighted by Crippen LogP contribution is 2.37. The Kier molecular flexibility index (Phi) is 5.63. The summed E-state index contributed by atoms with van der Waals surface area (Å²) in [5.74, 6) is 1.49. The first-order valence-corrected chi connectivity index (χ1v) is 8.60. The first kappa shape index (κ1) is 18.1. The molecule has 0 spiro atoms. The molecule has 0 aliphatic carbocycles. The topological polar surface area (TPSA) is 69.2 Å². The van der Waals surface area contributed by atoms with Crippen LogP contribution in [0.3, 0.4) is 0 Å². The number of fused-ring (bicyclic) bond motifs is 1. The number of nitrogens with one attached hydrogen (secondary N) is 1. The van der Waals surface area contributed by atoms with E-state index in [2.05, 4.69) is 10.5 Å². The maximum Gasteiger partial charge on any atom is 0.271 e. The van der Waals surface area contributed by atoms with E-state index in [0.717, 1.165) is 0 Å². The Balaban J connectivity index is 1.63. The minimum absolute atomic E-state index is 0.0806. The molecule has 2 aromatic carbocycles. The second kappa shape index (κ2) is 8.10. The van der Waals surface area contributed by atoms with Crippen LogP contribution in [0, 0.1) is 0 Å². The van der Waals surface area contributed by atoms with Crippen molar-refractivity contribution in [3.8, 4) is 17.2 Å². The first-order valence-electron chi connectivity index (χ1n) is 8.22. The summed E-state index contributed by atoms with van der Waals surface area (Å²) in [4.78, 5) is 12.1. The second-order valence-corrected chi connectivity index (χ2v) is 6.32. The Labute approximate surface area is 156 Å². The third kappa shape index (κ3) is 4.46. The Morgan fingerprint density at radius 2 is 1.96 bits per heavy atom. The first-order chi connectivity index (χ1) is 12.5. The summed E-state index contributed by atoms with van der Waals surface area (Å²) >= 11 is 6.17. The molecule has 2 aromatic rings. The maximum atomic E-state index is 12.1. The average Bonchev–Trinajstić information content (AvgIpc) is 2.62. The number of hydrogen-bond acceptors (Lipinski definition) is 5. The van der Waals surface area contributed by atoms with Crippen molar-refractivity contribution >= 4 is 23.7 Å². The van der Waals surface area contributed by atoms with Gasteiger partial charge in [0.2, 0.25) is 0 Å². The monoisotopic (exact) mass is 374 g/mol. The summed E-state index contributed by atoms with van der Waals surface area (Å²) in [5, 5.41) is 4.41. The molecule has 0 radical (unpaired) electrons. The van der Waals surface area contributed by atoms with Gasteiger partial charge in [-0.15, -0.1) is 0 Å². The van der Waals surface area contributed by atoms with Crippen molar-refractivity contribution < 1.29 is 19.0 Å². The van der Waals surface area contributed by atoms with E-state index in [4.69, 9.17) is 25.8 Å². The zero-order chi connectivity index (χ0) is 18.5. The van der Waals surface area contributed by atoms with E-state index >= 15 is 0 Å². The molecular formula is C19H19ClN2O4. The second-order valence-electron chi connectivity index (χ2n) is 5.92. The number of halogens is 1. The fourth-order valence-corrected chi connectivity index (χ4v) is 2.67. The zero-order valence-electron chi connectivity index (χ0n) is 14.5. The predicted octanol–water partition coefficient (Wildman–Crippen LogP) is 3.66. The number of hydrogen-bond donors (Lipinski definition) is 1. The van der Waals surface area contributed by atoms with Crippen LogP contribution in [0.1, 0.15) is 29.8 Å². The third-order valence-electron chi connectivity index (χ3n) is 3.49. The van der Waals surface area contributed by atoms with E-state index in [1.807, 2.05) is 13.8 Å². The van der Waals surface area contributed by atoms with Gasteiger partial charge < -0.3 is 14.2 Å². The van der Waals surface area contributed by atoms with Crippen molar-refractivity contribution in [1.82, 2.24) is 5.43 Å². The number of nitrogens with zero attached hydrogens (tertiary/aromatic N) is 1. The number of carbonyl (C=O) groups excluding carboxylic acids is 1. The molecule has 7 heteroatoms. The van der Waals surface area contributed by atoms with E-state index in [1.54, 1.807) is 36.4 Å². The van der Waals surface area contributed by atoms with Gasteiger partial charge in [0.15, 0.2) is 11.5 Å². The summed E-state index contributed by atoms with van der Waals surface area (Å²) in [6, 6.07) is 10.3. The Morgan fingerprint density at radius 1 is 1.23 bits per heavy atom. The smallest absolute Gasteiger partial charge is 0.271 e. The summed E-state index contributed by atoms with van der Waals surface area (Å²) in [5.41, 5.74) is 3.66. The fourth-order valence-electron chi connectivity index (χ4n) is 2.39. The number of rotatable bonds is 5. The minimum Gasteiger partial charge on any atom is -0.491 e. The molecular weight excluding hydrogens is 356 g/mol. The molecule has 1 aliphatic rings. The molecule has 1 N–H and O–H groups in total. The van der Waals surface area contributed by atoms with Crippen LogP contribution in [-0.2, 0) is 0 Å². The summed E-state index contributed by atoms with van der Waals surface area (Å²) in [7, 11) is 0. The molecule has 1 amide bonds. The molecule has 0 saturated heterocycles. The van der Waals surface area contributed by atoms with Crippen molar-refractivity contribution in [2.45, 2.75) is 20.0 Å². The van der Waals surface area contributed by atoms with Crippen molar-refractivity contribution in [1.29, 1.82) is 0 Å². The lowest BCUT2D eigenvalue weighted by Crippen LogP contribution is -2.18. The van der Waals surface area contributed by atoms with Gasteiger partial charge in [-0.2, -0.15) is 5.10 Å². The molecule has 0 unspecified atom stereocenters. The van der Waals surface area contributed by atoms with E-state index in [-0.39, 0.29) is 12.0 Å². The van der Waals surface area contributed by atoms with Gasteiger partial charge in [0, 0.05) is 5.56 Å². The van der Waals surface area contributed by atoms with Crippen LogP contribution in [0.15, 0.2) is 41.5 Å². The molecule has 3 rings (SSSR count). The highest BCUT2D eigenvalue weighted by Gasteiger charge is 2.16. The summed E-state index contributed by atoms with van der Waals surface area (Å²) in [6.07, 6.45) is 1.58. The molecule has 0 aromatic heterocycles. The highest BCUT2D eigenvalue weighted by molar-refractivity contribution is 6.32. The van der Waals surface area contributed by atoms with Crippen LogP contribution in [0.25, 0.3) is 0 Å². The number of amides is 1. The summed E-state index contributed by atoms with van der Waals surface area (Å²) in [6.45, 7) is 4.83. The number of benzene rings is 2. The van der Waals surface area contributed by atoms with Crippen LogP contribution in [-0.4, -0.2) is 31.4 Å². The standard InChI is InChI=1S/C19H19ClN2O4/c1-12(2)26-15-5-3-14(4-6-15)19(23)22-21-11-13-9-16(20)18-17(10-13)24-7-8-25-18/h3-6,9-12H,7-8H2,1-2H3,(H,22,23)/b21-11-. The van der Waals surface area contributed by atoms with E-state index in [0.29, 0.717) is 46.6 Å². The molecule has 136 valence electrons. The van der Waals surface area contributed by atoms with E-state index in [9.17, 15) is 4.79 Å². The molecule has 0 bridgehead atoms. The van der Waals surface area contributed by atoms with Gasteiger partial charge >= 0.3 is 0 Å². The Bertz CT molecular complexity index is 819. The zero-order valence-corrected chi connectivity index (χ0v) is 15.2. The number of carbonyl (C=O) groups is 1. The van der Waals surface area contributed by atoms with E-state index < -0.39 is 0 Å². The lowest BCUT2D eigenvalue weighted by molar-refractivity contribution is 0.0955. The molecule has 1 heterocycles. The van der Waals surface area contributed by atoms with Gasteiger partial charge in [0.1, 0.15) is 19.0 Å². The third-order valence-corrected chi connectivity index (χ3v) is 3.77. The number of hydrazone groups is 1. The van der Waals surface area contributed by atoms with Gasteiger partial charge in [0.05, 0.1) is 17.3 Å². The normalized spacial score (nSPS) is 13.1. The van der Waals surface area contributed by atoms with Crippen molar-refractivity contribution in [3.05, 3.63) is 52.5 Å². The maximum absolute atomic E-state index is 12.1. The predicted molar refractivity (Wildman–Crippen MR) is 99.7 cm³/mol. The molecule has 26 heavy (non-hydrogen) atoms. The van der Waals surface area contributed by atoms with Crippen molar-refractivity contribution in [2.75, 3.05) is 13.2 Å². The van der Waals surface area contributed by atoms with Gasteiger partial charge in [0.25, 0.3) is 5.91 Å². The Morgan fingerprint density at radius 3 is 2.69 bits per heavy atom. The van der Waals surface area contributed by atoms with Crippen LogP contribution in [0.2, 0.25) is 5.02 Å². The average molecular weight is 375 g/mol. The summed E-state index contributed by atoms with van der Waals surface area (Å²) < 4.78 is 16.5. The Hall–Kier alpha value is -2.73. The highest BCUT2D eigenvalue weighted by atomic mass is 35.5. The quantitative estimate of drug-likeness (QED) is 0.640. The van der Waals surface area contributed by atoms with Gasteiger partial charge in [-0.25, -0.2) is 5.43 Å². The number of ether oxygens (including phenoxy) is 3. The fraction of sp³-hybridized carbons (Fsp3) is 0.263. The molecule has 0 fully saturated rings. The molecule has 0 atom stereocenters. The van der Waals surface area contributed by atoms with Gasteiger partial charge in [-0.3, -0.25) is 4.79 Å². The largest absolute Gasteiger partial charge is 0.491 e. The van der Waals surface area contributed by atoms with Crippen LogP contribution in [0.5, 0.6) is 17.2 Å². The SMILES string of the molecule is CC(C)Oc1ccc(C(=O)N/N=C\c2cc(Cl)c3c(c2)OCCO3)cc1. The lowest BCUT2D eigenvalue weighted by atomic mass is 10.2. The molecule has 0 saturated carbocycles. The van der Waals surface area contributed by atoms with Crippen LogP contribution >= 0.6 is 11.6 Å². The lowest BCUT2D eigenvalue weighted by Gasteiger charge is -2.19.